The zero-order valence-corrected chi connectivity index (χ0v) is 16.4. The molecule has 3 aliphatic rings. The lowest BCUT2D eigenvalue weighted by Gasteiger charge is -2.44. The Kier molecular flexibility index (Phi) is 6.48. The van der Waals surface area contributed by atoms with Gasteiger partial charge in [0.05, 0.1) is 31.3 Å². The number of aliphatic hydroxyl groups excluding tert-OH is 1. The van der Waals surface area contributed by atoms with Gasteiger partial charge in [0.2, 0.25) is 5.91 Å². The van der Waals surface area contributed by atoms with Crippen molar-refractivity contribution in [1.82, 2.24) is 15.5 Å². The molecule has 3 heterocycles. The molecule has 0 unspecified atom stereocenters. The third kappa shape index (κ3) is 4.27. The van der Waals surface area contributed by atoms with Gasteiger partial charge in [0.1, 0.15) is 5.70 Å². The van der Waals surface area contributed by atoms with E-state index in [-0.39, 0.29) is 28.9 Å². The zero-order chi connectivity index (χ0) is 20.4. The lowest BCUT2D eigenvalue weighted by Crippen LogP contribution is -2.61. The van der Waals surface area contributed by atoms with E-state index in [4.69, 9.17) is 10.5 Å². The van der Waals surface area contributed by atoms with Gasteiger partial charge in [-0.2, -0.15) is 0 Å². The maximum atomic E-state index is 12.2. The van der Waals surface area contributed by atoms with Crippen molar-refractivity contribution >= 4 is 29.7 Å². The predicted molar refractivity (Wildman–Crippen MR) is 101 cm³/mol. The van der Waals surface area contributed by atoms with Crippen molar-refractivity contribution in [3.63, 3.8) is 0 Å². The van der Waals surface area contributed by atoms with Crippen LogP contribution < -0.4 is 16.4 Å². The van der Waals surface area contributed by atoms with Crippen molar-refractivity contribution in [3.05, 3.63) is 10.6 Å². The van der Waals surface area contributed by atoms with E-state index in [0.717, 1.165) is 6.42 Å². The fourth-order valence-corrected chi connectivity index (χ4v) is 5.48. The lowest BCUT2D eigenvalue weighted by atomic mass is 9.83. The molecule has 6 N–H and O–H groups in total. The highest BCUT2D eigenvalue weighted by atomic mass is 32.2. The monoisotopic (exact) mass is 414 g/mol. The number of nitrogens with one attached hydrogen (secondary N) is 2. The second-order valence-electron chi connectivity index (χ2n) is 7.27. The molecule has 2 fully saturated rings. The number of ether oxygens (including phenoxy) is 1. The van der Waals surface area contributed by atoms with Gasteiger partial charge in [0.25, 0.3) is 0 Å². The van der Waals surface area contributed by atoms with Crippen LogP contribution in [0.25, 0.3) is 0 Å². The molecule has 0 saturated carbocycles. The first-order chi connectivity index (χ1) is 13.3. The maximum absolute atomic E-state index is 12.2. The summed E-state index contributed by atoms with van der Waals surface area (Å²) in [6, 6.07) is -0.697. The molecular formula is C17H26N4O6S. The van der Waals surface area contributed by atoms with Crippen LogP contribution in [0.2, 0.25) is 0 Å². The highest BCUT2D eigenvalue weighted by molar-refractivity contribution is 8.03. The second-order valence-corrected chi connectivity index (χ2v) is 8.66. The van der Waals surface area contributed by atoms with Gasteiger partial charge in [-0.3, -0.25) is 4.79 Å². The first kappa shape index (κ1) is 20.9. The molecule has 156 valence electrons. The molecule has 28 heavy (non-hydrogen) atoms. The minimum absolute atomic E-state index is 0.0640. The van der Waals surface area contributed by atoms with Crippen molar-refractivity contribution < 1.29 is 29.3 Å². The minimum Gasteiger partial charge on any atom is -0.477 e. The molecule has 0 aromatic carbocycles. The van der Waals surface area contributed by atoms with Crippen LogP contribution in [0, 0.1) is 5.92 Å². The number of nitrogens with zero attached hydrogens (tertiary/aromatic N) is 1. The summed E-state index contributed by atoms with van der Waals surface area (Å²) in [6.45, 7) is 3.49. The SMILES string of the molecule is C[C@@H](O)[C@H]1C(=O)N2C(C(=O)O)=C(S[C@@H]3CN[C@H](COCCNC(N)=O)C3)C[C@H]12. The van der Waals surface area contributed by atoms with E-state index < -0.39 is 24.0 Å². The number of amides is 3. The van der Waals surface area contributed by atoms with E-state index in [9.17, 15) is 24.6 Å². The van der Waals surface area contributed by atoms with Gasteiger partial charge in [-0.1, -0.05) is 0 Å². The van der Waals surface area contributed by atoms with Gasteiger partial charge < -0.3 is 36.2 Å². The van der Waals surface area contributed by atoms with E-state index >= 15 is 0 Å². The molecule has 0 spiro atoms. The smallest absolute Gasteiger partial charge is 0.353 e. The Labute approximate surface area is 166 Å². The molecule has 0 aromatic rings. The molecular weight excluding hydrogens is 388 g/mol. The number of thioether (sulfide) groups is 1. The van der Waals surface area contributed by atoms with Crippen LogP contribution in [-0.4, -0.2) is 82.8 Å². The van der Waals surface area contributed by atoms with Crippen molar-refractivity contribution in [2.75, 3.05) is 26.3 Å². The number of carboxylic acid groups (broad SMARTS) is 1. The number of nitrogens with two attached hydrogens (primary N) is 1. The number of β-lactam (4-membered cyclic amide) rings is 1. The minimum atomic E-state index is -1.10. The molecule has 0 aliphatic carbocycles. The summed E-state index contributed by atoms with van der Waals surface area (Å²) in [5.41, 5.74) is 5.04. The summed E-state index contributed by atoms with van der Waals surface area (Å²) < 4.78 is 5.52. The fraction of sp³-hybridized carbons (Fsp3) is 0.706. The number of carbonyl (C=O) groups is 3. The number of carbonyl (C=O) groups excluding carboxylic acids is 2. The first-order valence-electron chi connectivity index (χ1n) is 9.28. The maximum Gasteiger partial charge on any atom is 0.353 e. The Morgan fingerprint density at radius 2 is 2.25 bits per heavy atom. The molecule has 0 radical (unpaired) electrons. The largest absolute Gasteiger partial charge is 0.477 e. The van der Waals surface area contributed by atoms with Gasteiger partial charge >= 0.3 is 12.0 Å². The number of urea groups is 1. The normalized spacial score (nSPS) is 30.2. The first-order valence-corrected chi connectivity index (χ1v) is 10.2. The van der Waals surface area contributed by atoms with Crippen LogP contribution in [-0.2, 0) is 14.3 Å². The second kappa shape index (κ2) is 8.68. The molecule has 0 bridgehead atoms. The summed E-state index contributed by atoms with van der Waals surface area (Å²) in [6.07, 6.45) is 0.499. The van der Waals surface area contributed by atoms with Crippen molar-refractivity contribution in [1.29, 1.82) is 0 Å². The standard InChI is InChI=1S/C17H26N4O6S/c1-8(22)13-11-5-12(14(16(24)25)21(11)15(13)23)28-10-4-9(20-6-10)7-27-3-2-19-17(18)26/h8-11,13,20,22H,2-7H2,1H3,(H,24,25)(H3,18,19,26)/t8-,9+,10+,11-,13-/m1/s1. The molecule has 5 atom stereocenters. The number of primary amides is 1. The number of carboxylic acids is 1. The number of fused-ring (bicyclic) bond motifs is 1. The number of hydrogen-bond acceptors (Lipinski definition) is 7. The van der Waals surface area contributed by atoms with Crippen LogP contribution in [0.3, 0.4) is 0 Å². The summed E-state index contributed by atoms with van der Waals surface area (Å²) in [5, 5.41) is 25.4. The molecule has 3 rings (SSSR count). The Morgan fingerprint density at radius 1 is 1.50 bits per heavy atom. The highest BCUT2D eigenvalue weighted by Gasteiger charge is 2.57. The average Bonchev–Trinajstić information content (AvgIpc) is 3.17. The van der Waals surface area contributed by atoms with Crippen molar-refractivity contribution in [2.45, 2.75) is 43.2 Å². The van der Waals surface area contributed by atoms with Gasteiger partial charge in [-0.15, -0.1) is 11.8 Å². The zero-order valence-electron chi connectivity index (χ0n) is 15.6. The number of rotatable bonds is 9. The third-order valence-electron chi connectivity index (χ3n) is 5.25. The Balaban J connectivity index is 1.51. The summed E-state index contributed by atoms with van der Waals surface area (Å²) in [7, 11) is 0. The van der Waals surface area contributed by atoms with E-state index in [1.807, 2.05) is 0 Å². The third-order valence-corrected chi connectivity index (χ3v) is 6.58. The molecule has 2 saturated heterocycles. The highest BCUT2D eigenvalue weighted by Crippen LogP contribution is 2.48. The lowest BCUT2D eigenvalue weighted by molar-refractivity contribution is -0.161. The van der Waals surface area contributed by atoms with Gasteiger partial charge in [-0.05, 0) is 13.3 Å². The molecule has 10 nitrogen and oxygen atoms in total. The van der Waals surface area contributed by atoms with Crippen LogP contribution >= 0.6 is 11.8 Å². The topological polar surface area (TPSA) is 154 Å². The van der Waals surface area contributed by atoms with E-state index in [0.29, 0.717) is 37.6 Å². The summed E-state index contributed by atoms with van der Waals surface area (Å²) >= 11 is 1.50. The molecule has 0 aromatic heterocycles. The van der Waals surface area contributed by atoms with Crippen LogP contribution in [0.4, 0.5) is 4.79 Å². The Morgan fingerprint density at radius 3 is 2.89 bits per heavy atom. The van der Waals surface area contributed by atoms with Crippen LogP contribution in [0.5, 0.6) is 0 Å². The van der Waals surface area contributed by atoms with Crippen LogP contribution in [0.1, 0.15) is 19.8 Å². The molecule has 11 heteroatoms. The van der Waals surface area contributed by atoms with E-state index in [1.54, 1.807) is 6.92 Å². The summed E-state index contributed by atoms with van der Waals surface area (Å²) in [5.74, 6) is -1.94. The van der Waals surface area contributed by atoms with Gasteiger partial charge in [0, 0.05) is 35.7 Å². The number of hydrogen-bond donors (Lipinski definition) is 5. The van der Waals surface area contributed by atoms with Gasteiger partial charge in [0.15, 0.2) is 0 Å². The molecule has 3 amide bonds. The fourth-order valence-electron chi connectivity index (χ4n) is 4.01. The quantitative estimate of drug-likeness (QED) is 0.239. The van der Waals surface area contributed by atoms with Crippen molar-refractivity contribution in [3.8, 4) is 0 Å². The number of aliphatic hydroxyl groups is 1. The Bertz CT molecular complexity index is 685. The van der Waals surface area contributed by atoms with E-state index in [1.165, 1.54) is 16.7 Å². The van der Waals surface area contributed by atoms with Gasteiger partial charge in [-0.25, -0.2) is 9.59 Å². The van der Waals surface area contributed by atoms with Crippen molar-refractivity contribution in [2.24, 2.45) is 11.7 Å². The average molecular weight is 414 g/mol. The van der Waals surface area contributed by atoms with E-state index in [2.05, 4.69) is 10.6 Å². The predicted octanol–water partition coefficient (Wildman–Crippen LogP) is -0.957. The number of aliphatic carboxylic acids is 1. The Hall–Kier alpha value is -1.82. The van der Waals surface area contributed by atoms with Crippen LogP contribution in [0.15, 0.2) is 10.6 Å². The molecule has 3 aliphatic heterocycles. The summed E-state index contributed by atoms with van der Waals surface area (Å²) in [4.78, 5) is 36.6.